The van der Waals surface area contributed by atoms with Crippen molar-refractivity contribution in [1.82, 2.24) is 10.6 Å². The molecule has 2 amide bonds. The van der Waals surface area contributed by atoms with Gasteiger partial charge in [-0.3, -0.25) is 4.79 Å². The van der Waals surface area contributed by atoms with E-state index in [4.69, 9.17) is 5.11 Å². The molecule has 1 aliphatic rings. The third-order valence-corrected chi connectivity index (χ3v) is 3.03. The Balaban J connectivity index is 2.39. The van der Waals surface area contributed by atoms with Crippen LogP contribution in [0.1, 0.15) is 32.1 Å². The van der Waals surface area contributed by atoms with Gasteiger partial charge in [0.25, 0.3) is 0 Å². The molecule has 5 heteroatoms. The highest BCUT2D eigenvalue weighted by molar-refractivity contribution is 5.76. The lowest BCUT2D eigenvalue weighted by atomic mass is 9.84. The van der Waals surface area contributed by atoms with E-state index in [1.165, 1.54) is 0 Å². The van der Waals surface area contributed by atoms with E-state index < -0.39 is 11.9 Å². The summed E-state index contributed by atoms with van der Waals surface area (Å²) in [5.74, 6) is -1.27. The maximum Gasteiger partial charge on any atom is 0.315 e. The van der Waals surface area contributed by atoms with Crippen molar-refractivity contribution in [1.29, 1.82) is 0 Å². The first kappa shape index (κ1) is 13.5. The van der Waals surface area contributed by atoms with Crippen LogP contribution in [-0.4, -0.2) is 29.7 Å². The number of carboxylic acids is 1. The Morgan fingerprint density at radius 2 is 2.06 bits per heavy atom. The Morgan fingerprint density at radius 3 is 2.71 bits per heavy atom. The van der Waals surface area contributed by atoms with Crippen LogP contribution < -0.4 is 10.6 Å². The van der Waals surface area contributed by atoms with Crippen molar-refractivity contribution >= 4 is 12.0 Å². The fourth-order valence-electron chi connectivity index (χ4n) is 2.11. The summed E-state index contributed by atoms with van der Waals surface area (Å²) in [4.78, 5) is 22.5. The number of nitrogens with one attached hydrogen (secondary N) is 2. The first-order valence-corrected chi connectivity index (χ1v) is 6.03. The molecule has 0 aromatic carbocycles. The van der Waals surface area contributed by atoms with Gasteiger partial charge in [-0.15, -0.1) is 6.58 Å². The minimum Gasteiger partial charge on any atom is -0.481 e. The third-order valence-electron chi connectivity index (χ3n) is 3.03. The Bertz CT molecular complexity index is 291. The van der Waals surface area contributed by atoms with Crippen LogP contribution >= 0.6 is 0 Å². The van der Waals surface area contributed by atoms with Crippen molar-refractivity contribution in [3.05, 3.63) is 12.7 Å². The van der Waals surface area contributed by atoms with E-state index in [0.29, 0.717) is 19.4 Å². The van der Waals surface area contributed by atoms with Gasteiger partial charge in [0.05, 0.1) is 5.92 Å². The number of carboxylic acid groups (broad SMARTS) is 1. The van der Waals surface area contributed by atoms with Gasteiger partial charge in [-0.2, -0.15) is 0 Å². The molecule has 3 N–H and O–H groups in total. The van der Waals surface area contributed by atoms with E-state index in [9.17, 15) is 9.59 Å². The molecule has 0 saturated heterocycles. The molecular weight excluding hydrogens is 220 g/mol. The van der Waals surface area contributed by atoms with Crippen molar-refractivity contribution in [2.75, 3.05) is 6.54 Å². The van der Waals surface area contributed by atoms with E-state index >= 15 is 0 Å². The molecule has 0 radical (unpaired) electrons. The summed E-state index contributed by atoms with van der Waals surface area (Å²) >= 11 is 0. The molecule has 0 spiro atoms. The highest BCUT2D eigenvalue weighted by Crippen LogP contribution is 2.24. The van der Waals surface area contributed by atoms with Gasteiger partial charge < -0.3 is 15.7 Å². The van der Waals surface area contributed by atoms with Crippen molar-refractivity contribution < 1.29 is 14.7 Å². The van der Waals surface area contributed by atoms with Crippen LogP contribution in [0.4, 0.5) is 4.79 Å². The smallest absolute Gasteiger partial charge is 0.315 e. The molecule has 5 nitrogen and oxygen atoms in total. The monoisotopic (exact) mass is 240 g/mol. The minimum absolute atomic E-state index is 0.245. The predicted octanol–water partition coefficient (Wildman–Crippen LogP) is 1.51. The number of urea groups is 1. The number of carbonyl (C=O) groups excluding carboxylic acids is 1. The first-order valence-electron chi connectivity index (χ1n) is 6.03. The van der Waals surface area contributed by atoms with Crippen LogP contribution in [0.15, 0.2) is 12.7 Å². The van der Waals surface area contributed by atoms with Crippen molar-refractivity contribution in [3.63, 3.8) is 0 Å². The molecule has 2 unspecified atom stereocenters. The normalized spacial score (nSPS) is 23.8. The Morgan fingerprint density at radius 1 is 1.35 bits per heavy atom. The van der Waals surface area contributed by atoms with Crippen molar-refractivity contribution in [3.8, 4) is 0 Å². The summed E-state index contributed by atoms with van der Waals surface area (Å²) in [6.07, 6.45) is 5.72. The van der Waals surface area contributed by atoms with Crippen LogP contribution in [0.3, 0.4) is 0 Å². The quantitative estimate of drug-likeness (QED) is 0.503. The molecule has 0 bridgehead atoms. The molecular formula is C12H20N2O3. The van der Waals surface area contributed by atoms with Crippen molar-refractivity contribution in [2.24, 2.45) is 5.92 Å². The number of amides is 2. The molecule has 0 aromatic rings. The van der Waals surface area contributed by atoms with Crippen LogP contribution in [0.5, 0.6) is 0 Å². The Hall–Kier alpha value is -1.52. The second-order valence-corrected chi connectivity index (χ2v) is 4.31. The summed E-state index contributed by atoms with van der Waals surface area (Å²) in [5, 5.41) is 14.5. The largest absolute Gasteiger partial charge is 0.481 e. The van der Waals surface area contributed by atoms with Gasteiger partial charge in [0.2, 0.25) is 0 Å². The number of hydrogen-bond acceptors (Lipinski definition) is 2. The molecule has 0 aliphatic heterocycles. The maximum atomic E-state index is 11.5. The summed E-state index contributed by atoms with van der Waals surface area (Å²) in [6, 6.07) is -0.532. The lowest BCUT2D eigenvalue weighted by Crippen LogP contribution is -2.48. The standard InChI is InChI=1S/C12H20N2O3/c1-2-3-8-13-12(17)14-10-7-5-4-6-9(10)11(15)16/h2,9-10H,1,3-8H2,(H,15,16)(H2,13,14,17). The summed E-state index contributed by atoms with van der Waals surface area (Å²) in [6.45, 7) is 4.09. The highest BCUT2D eigenvalue weighted by atomic mass is 16.4. The SMILES string of the molecule is C=CCCNC(=O)NC1CCCCC1C(=O)O. The number of rotatable bonds is 5. The molecule has 1 aliphatic carbocycles. The van der Waals surface area contributed by atoms with E-state index in [2.05, 4.69) is 17.2 Å². The maximum absolute atomic E-state index is 11.5. The molecule has 1 rings (SSSR count). The lowest BCUT2D eigenvalue weighted by molar-refractivity contribution is -0.143. The van der Waals surface area contributed by atoms with E-state index in [1.807, 2.05) is 0 Å². The average molecular weight is 240 g/mol. The van der Waals surface area contributed by atoms with Crippen molar-refractivity contribution in [2.45, 2.75) is 38.1 Å². The molecule has 0 heterocycles. The molecule has 1 fully saturated rings. The second-order valence-electron chi connectivity index (χ2n) is 4.31. The van der Waals surface area contributed by atoms with Crippen LogP contribution in [-0.2, 0) is 4.79 Å². The lowest BCUT2D eigenvalue weighted by Gasteiger charge is -2.29. The van der Waals surface area contributed by atoms with Crippen LogP contribution in [0, 0.1) is 5.92 Å². The predicted molar refractivity (Wildman–Crippen MR) is 64.7 cm³/mol. The van der Waals surface area contributed by atoms with Gasteiger partial charge in [-0.05, 0) is 19.3 Å². The topological polar surface area (TPSA) is 78.4 Å². The number of hydrogen-bond donors (Lipinski definition) is 3. The van der Waals surface area contributed by atoms with Gasteiger partial charge in [0.1, 0.15) is 0 Å². The fourth-order valence-corrected chi connectivity index (χ4v) is 2.11. The molecule has 17 heavy (non-hydrogen) atoms. The van der Waals surface area contributed by atoms with Gasteiger partial charge >= 0.3 is 12.0 Å². The average Bonchev–Trinajstić information content (AvgIpc) is 2.29. The van der Waals surface area contributed by atoms with Gasteiger partial charge in [0, 0.05) is 12.6 Å². The second kappa shape index (κ2) is 6.93. The van der Waals surface area contributed by atoms with Gasteiger partial charge in [-0.1, -0.05) is 18.9 Å². The van der Waals surface area contributed by atoms with E-state index in [-0.39, 0.29) is 12.1 Å². The number of aliphatic carboxylic acids is 1. The molecule has 2 atom stereocenters. The van der Waals surface area contributed by atoms with E-state index in [0.717, 1.165) is 19.3 Å². The first-order chi connectivity index (χ1) is 8.15. The van der Waals surface area contributed by atoms with Gasteiger partial charge in [0.15, 0.2) is 0 Å². The summed E-state index contributed by atoms with van der Waals surface area (Å²) < 4.78 is 0. The zero-order chi connectivity index (χ0) is 12.7. The third kappa shape index (κ3) is 4.46. The Labute approximate surface area is 101 Å². The van der Waals surface area contributed by atoms with Crippen LogP contribution in [0.25, 0.3) is 0 Å². The molecule has 96 valence electrons. The molecule has 0 aromatic heterocycles. The Kier molecular flexibility index (Phi) is 5.52. The minimum atomic E-state index is -0.818. The van der Waals surface area contributed by atoms with Gasteiger partial charge in [-0.25, -0.2) is 4.79 Å². The van der Waals surface area contributed by atoms with E-state index in [1.54, 1.807) is 6.08 Å². The number of carbonyl (C=O) groups is 2. The fraction of sp³-hybridized carbons (Fsp3) is 0.667. The zero-order valence-electron chi connectivity index (χ0n) is 9.95. The molecule has 1 saturated carbocycles. The highest BCUT2D eigenvalue weighted by Gasteiger charge is 2.31. The summed E-state index contributed by atoms with van der Waals surface area (Å²) in [5.41, 5.74) is 0. The zero-order valence-corrected chi connectivity index (χ0v) is 9.95. The van der Waals surface area contributed by atoms with Crippen LogP contribution in [0.2, 0.25) is 0 Å². The summed E-state index contributed by atoms with van der Waals surface area (Å²) in [7, 11) is 0.